The summed E-state index contributed by atoms with van der Waals surface area (Å²) in [4.78, 5) is 25.4. The largest absolute Gasteiger partial charge is 0.490 e. The van der Waals surface area contributed by atoms with Crippen molar-refractivity contribution >= 4 is 29.6 Å². The van der Waals surface area contributed by atoms with E-state index >= 15 is 0 Å². The van der Waals surface area contributed by atoms with Crippen molar-refractivity contribution in [3.8, 4) is 23.8 Å². The van der Waals surface area contributed by atoms with E-state index in [2.05, 4.69) is 11.0 Å². The first-order valence-corrected chi connectivity index (χ1v) is 9.55. The molecule has 1 aliphatic heterocycles. The Morgan fingerprint density at radius 2 is 1.93 bits per heavy atom. The maximum atomic E-state index is 12.7. The van der Waals surface area contributed by atoms with Crippen LogP contribution in [0.25, 0.3) is 0 Å². The Morgan fingerprint density at radius 3 is 2.54 bits per heavy atom. The number of carbonyl (C=O) groups excluding carboxylic acids is 2. The molecule has 1 saturated carbocycles. The SMILES string of the molecule is C#CCOc1c(Cl)cc(C=NN2C(=O)C3C4C=CC(C4)C3C2=O)cc1OCC. The van der Waals surface area contributed by atoms with E-state index in [4.69, 9.17) is 27.5 Å². The number of fused-ring (bicyclic) bond motifs is 5. The van der Waals surface area contributed by atoms with Crippen LogP contribution in [0.3, 0.4) is 0 Å². The third-order valence-corrected chi connectivity index (χ3v) is 5.68. The smallest absolute Gasteiger partial charge is 0.254 e. The van der Waals surface area contributed by atoms with Crippen molar-refractivity contribution in [1.82, 2.24) is 5.01 Å². The summed E-state index contributed by atoms with van der Waals surface area (Å²) in [6.45, 7) is 2.30. The number of hydrogen-bond acceptors (Lipinski definition) is 5. The molecule has 0 aromatic heterocycles. The second kappa shape index (κ2) is 7.33. The number of rotatable bonds is 6. The van der Waals surface area contributed by atoms with Crippen molar-refractivity contribution in [2.45, 2.75) is 13.3 Å². The fourth-order valence-electron chi connectivity index (χ4n) is 4.30. The summed E-state index contributed by atoms with van der Waals surface area (Å²) in [7, 11) is 0. The Hall–Kier alpha value is -2.78. The lowest BCUT2D eigenvalue weighted by Crippen LogP contribution is -2.28. The molecule has 2 fully saturated rings. The van der Waals surface area contributed by atoms with Crippen LogP contribution in [-0.4, -0.2) is 36.3 Å². The number of benzene rings is 1. The van der Waals surface area contributed by atoms with E-state index < -0.39 is 0 Å². The minimum atomic E-state index is -0.276. The highest BCUT2D eigenvalue weighted by molar-refractivity contribution is 6.32. The van der Waals surface area contributed by atoms with Gasteiger partial charge in [-0.3, -0.25) is 9.59 Å². The zero-order valence-corrected chi connectivity index (χ0v) is 16.1. The number of hydrogen-bond donors (Lipinski definition) is 0. The third kappa shape index (κ3) is 2.96. The molecule has 2 bridgehead atoms. The molecule has 6 nitrogen and oxygen atoms in total. The fraction of sp³-hybridized carbons (Fsp3) is 0.381. The average Bonchev–Trinajstić information content (AvgIpc) is 3.34. The molecular formula is C21H19ClN2O4. The second-order valence-corrected chi connectivity index (χ2v) is 7.40. The summed E-state index contributed by atoms with van der Waals surface area (Å²) >= 11 is 6.29. The van der Waals surface area contributed by atoms with Gasteiger partial charge in [-0.15, -0.1) is 6.42 Å². The summed E-state index contributed by atoms with van der Waals surface area (Å²) in [6, 6.07) is 3.30. The maximum absolute atomic E-state index is 12.7. The molecule has 0 spiro atoms. The lowest BCUT2D eigenvalue weighted by atomic mass is 9.85. The van der Waals surface area contributed by atoms with Crippen molar-refractivity contribution in [1.29, 1.82) is 0 Å². The molecule has 144 valence electrons. The van der Waals surface area contributed by atoms with Gasteiger partial charge in [0.1, 0.15) is 6.61 Å². The molecule has 3 aliphatic rings. The van der Waals surface area contributed by atoms with E-state index in [0.29, 0.717) is 28.7 Å². The summed E-state index contributed by atoms with van der Waals surface area (Å²) < 4.78 is 11.0. The van der Waals surface area contributed by atoms with Gasteiger partial charge in [0, 0.05) is 0 Å². The van der Waals surface area contributed by atoms with Gasteiger partial charge in [0.2, 0.25) is 0 Å². The Bertz CT molecular complexity index is 903. The van der Waals surface area contributed by atoms with Crippen LogP contribution in [0.1, 0.15) is 18.9 Å². The van der Waals surface area contributed by atoms with Crippen LogP contribution >= 0.6 is 11.6 Å². The topological polar surface area (TPSA) is 68.2 Å². The zero-order valence-electron chi connectivity index (χ0n) is 15.3. The molecular weight excluding hydrogens is 380 g/mol. The predicted octanol–water partition coefficient (Wildman–Crippen LogP) is 2.89. The van der Waals surface area contributed by atoms with Gasteiger partial charge in [0.25, 0.3) is 11.8 Å². The summed E-state index contributed by atoms with van der Waals surface area (Å²) in [5, 5.41) is 5.47. The minimum Gasteiger partial charge on any atom is -0.490 e. The first-order valence-electron chi connectivity index (χ1n) is 9.17. The first-order chi connectivity index (χ1) is 13.5. The molecule has 2 aliphatic carbocycles. The highest BCUT2D eigenvalue weighted by atomic mass is 35.5. The van der Waals surface area contributed by atoms with Crippen molar-refractivity contribution in [2.75, 3.05) is 13.2 Å². The minimum absolute atomic E-state index is 0.0587. The van der Waals surface area contributed by atoms with E-state index in [1.54, 1.807) is 12.1 Å². The zero-order chi connectivity index (χ0) is 19.8. The van der Waals surface area contributed by atoms with Gasteiger partial charge in [-0.25, -0.2) is 0 Å². The van der Waals surface area contributed by atoms with Crippen LogP contribution in [-0.2, 0) is 9.59 Å². The van der Waals surface area contributed by atoms with Crippen LogP contribution in [0.4, 0.5) is 0 Å². The Kier molecular flexibility index (Phi) is 4.86. The maximum Gasteiger partial charge on any atom is 0.254 e. The summed E-state index contributed by atoms with van der Waals surface area (Å²) in [6.07, 6.45) is 11.7. The van der Waals surface area contributed by atoms with E-state index in [1.165, 1.54) is 6.21 Å². The third-order valence-electron chi connectivity index (χ3n) is 5.40. The van der Waals surface area contributed by atoms with Gasteiger partial charge in [0.05, 0.1) is 29.7 Å². The molecule has 4 unspecified atom stereocenters. The van der Waals surface area contributed by atoms with Gasteiger partial charge in [-0.2, -0.15) is 10.1 Å². The number of carbonyl (C=O) groups is 2. The van der Waals surface area contributed by atoms with Crippen molar-refractivity contribution < 1.29 is 19.1 Å². The molecule has 1 aromatic carbocycles. The van der Waals surface area contributed by atoms with Crippen LogP contribution in [0.2, 0.25) is 5.02 Å². The monoisotopic (exact) mass is 398 g/mol. The highest BCUT2D eigenvalue weighted by Gasteiger charge is 2.59. The van der Waals surface area contributed by atoms with Gasteiger partial charge < -0.3 is 9.47 Å². The Labute approximate surface area is 168 Å². The van der Waals surface area contributed by atoms with E-state index in [9.17, 15) is 9.59 Å². The normalized spacial score (nSPS) is 27.5. The molecule has 2 amide bonds. The molecule has 7 heteroatoms. The molecule has 4 atom stereocenters. The van der Waals surface area contributed by atoms with Gasteiger partial charge >= 0.3 is 0 Å². The molecule has 1 heterocycles. The van der Waals surface area contributed by atoms with Gasteiger partial charge in [0.15, 0.2) is 11.5 Å². The number of terminal acetylenes is 1. The molecule has 1 aromatic rings. The van der Waals surface area contributed by atoms with Crippen molar-refractivity contribution in [3.05, 3.63) is 34.9 Å². The quantitative estimate of drug-likeness (QED) is 0.320. The van der Waals surface area contributed by atoms with Crippen LogP contribution in [0, 0.1) is 36.0 Å². The molecule has 0 N–H and O–H groups in total. The lowest BCUT2D eigenvalue weighted by molar-refractivity contribution is -0.140. The highest BCUT2D eigenvalue weighted by Crippen LogP contribution is 2.52. The predicted molar refractivity (Wildman–Crippen MR) is 104 cm³/mol. The van der Waals surface area contributed by atoms with Crippen molar-refractivity contribution in [3.63, 3.8) is 0 Å². The Balaban J connectivity index is 1.57. The molecule has 4 rings (SSSR count). The number of allylic oxidation sites excluding steroid dienone is 2. The first kappa shape index (κ1) is 18.6. The summed E-state index contributed by atoms with van der Waals surface area (Å²) in [5.74, 6) is 2.45. The van der Waals surface area contributed by atoms with Crippen LogP contribution in [0.15, 0.2) is 29.4 Å². The molecule has 0 radical (unpaired) electrons. The summed E-state index contributed by atoms with van der Waals surface area (Å²) in [5.41, 5.74) is 0.584. The average molecular weight is 399 g/mol. The fourth-order valence-corrected chi connectivity index (χ4v) is 4.58. The number of halogens is 1. The van der Waals surface area contributed by atoms with E-state index in [1.807, 2.05) is 19.1 Å². The number of ether oxygens (including phenoxy) is 2. The van der Waals surface area contributed by atoms with Gasteiger partial charge in [-0.1, -0.05) is 29.7 Å². The van der Waals surface area contributed by atoms with Crippen molar-refractivity contribution in [2.24, 2.45) is 28.8 Å². The van der Waals surface area contributed by atoms with E-state index in [0.717, 1.165) is 11.4 Å². The molecule has 28 heavy (non-hydrogen) atoms. The van der Waals surface area contributed by atoms with Crippen LogP contribution < -0.4 is 9.47 Å². The lowest BCUT2D eigenvalue weighted by Gasteiger charge is -2.13. The van der Waals surface area contributed by atoms with Crippen LogP contribution in [0.5, 0.6) is 11.5 Å². The molecule has 1 saturated heterocycles. The second-order valence-electron chi connectivity index (χ2n) is 6.99. The number of hydrazone groups is 1. The number of nitrogens with zero attached hydrogens (tertiary/aromatic N) is 2. The Morgan fingerprint density at radius 1 is 1.25 bits per heavy atom. The number of amides is 2. The standard InChI is InChI=1S/C21H19ClN2O4/c1-3-7-28-19-15(22)8-12(9-16(19)27-4-2)11-23-24-20(25)17-13-5-6-14(10-13)18(17)21(24)26/h1,5-6,8-9,11,13-14,17-18H,4,7,10H2,2H3. The van der Waals surface area contributed by atoms with E-state index in [-0.39, 0.29) is 42.1 Å². The number of imide groups is 1. The van der Waals surface area contributed by atoms with Gasteiger partial charge in [-0.05, 0) is 42.9 Å².